The summed E-state index contributed by atoms with van der Waals surface area (Å²) in [5.41, 5.74) is 2.84. The molecule has 6 nitrogen and oxygen atoms in total. The fourth-order valence-electron chi connectivity index (χ4n) is 5.14. The minimum absolute atomic E-state index is 0.0614. The van der Waals surface area contributed by atoms with E-state index in [1.165, 1.54) is 17.0 Å². The molecule has 37 heavy (non-hydrogen) atoms. The highest BCUT2D eigenvalue weighted by atomic mass is 19.1. The van der Waals surface area contributed by atoms with Gasteiger partial charge in [0.2, 0.25) is 11.8 Å². The summed E-state index contributed by atoms with van der Waals surface area (Å²) in [5.74, 6) is -0.379. The first-order valence-electron chi connectivity index (χ1n) is 12.6. The number of aromatic nitrogens is 1. The molecule has 1 aromatic heterocycles. The number of H-pyrrole nitrogens is 1. The average Bonchev–Trinajstić information content (AvgIpc) is 3.58. The predicted octanol–water partition coefficient (Wildman–Crippen LogP) is 5.69. The number of anilines is 1. The second-order valence-electron chi connectivity index (χ2n) is 9.45. The Hall–Kier alpha value is -4.13. The first-order valence-corrected chi connectivity index (χ1v) is 12.6. The van der Waals surface area contributed by atoms with Crippen LogP contribution in [0.3, 0.4) is 0 Å². The maximum Gasteiger partial charge on any atom is 0.248 e. The molecule has 1 aliphatic carbocycles. The number of para-hydroxylation sites is 1. The normalized spacial score (nSPS) is 14.4. The number of aromatic amines is 1. The molecule has 0 saturated heterocycles. The van der Waals surface area contributed by atoms with Crippen molar-refractivity contribution in [3.63, 3.8) is 0 Å². The molecule has 1 fully saturated rings. The molecule has 5 rings (SSSR count). The number of hydrogen-bond donors (Lipinski definition) is 2. The molecule has 2 N–H and O–H groups in total. The number of carbonyl (C=O) groups excluding carboxylic acids is 2. The lowest BCUT2D eigenvalue weighted by Crippen LogP contribution is -2.46. The van der Waals surface area contributed by atoms with Crippen LogP contribution in [0.4, 0.5) is 10.1 Å². The van der Waals surface area contributed by atoms with E-state index in [4.69, 9.17) is 4.74 Å². The number of nitrogens with one attached hydrogen (secondary N) is 2. The van der Waals surface area contributed by atoms with Gasteiger partial charge in [0, 0.05) is 34.9 Å². The van der Waals surface area contributed by atoms with Crippen molar-refractivity contribution in [2.75, 3.05) is 12.0 Å². The second kappa shape index (κ2) is 10.9. The van der Waals surface area contributed by atoms with E-state index in [9.17, 15) is 14.0 Å². The van der Waals surface area contributed by atoms with Crippen LogP contribution in [0.1, 0.15) is 42.9 Å². The largest absolute Gasteiger partial charge is 0.497 e. The van der Waals surface area contributed by atoms with Gasteiger partial charge in [0.25, 0.3) is 0 Å². The molecule has 2 amide bonds. The minimum atomic E-state index is -0.981. The first-order chi connectivity index (χ1) is 18.0. The van der Waals surface area contributed by atoms with Crippen LogP contribution in [0.25, 0.3) is 10.9 Å². The van der Waals surface area contributed by atoms with Crippen molar-refractivity contribution >= 4 is 28.4 Å². The molecule has 1 aliphatic rings. The Bertz CT molecular complexity index is 1390. The molecular weight excluding hydrogens is 469 g/mol. The fourth-order valence-corrected chi connectivity index (χ4v) is 5.14. The second-order valence-corrected chi connectivity index (χ2v) is 9.45. The third-order valence-corrected chi connectivity index (χ3v) is 7.01. The van der Waals surface area contributed by atoms with E-state index in [1.54, 1.807) is 43.5 Å². The number of hydrogen-bond acceptors (Lipinski definition) is 3. The molecule has 1 heterocycles. The van der Waals surface area contributed by atoms with Gasteiger partial charge in [-0.15, -0.1) is 0 Å². The highest BCUT2D eigenvalue weighted by Crippen LogP contribution is 2.32. The van der Waals surface area contributed by atoms with E-state index < -0.39 is 11.9 Å². The summed E-state index contributed by atoms with van der Waals surface area (Å²) in [4.78, 5) is 32.7. The van der Waals surface area contributed by atoms with Gasteiger partial charge in [0.15, 0.2) is 0 Å². The molecule has 4 aromatic rings. The molecule has 3 aromatic carbocycles. The monoisotopic (exact) mass is 499 g/mol. The van der Waals surface area contributed by atoms with Gasteiger partial charge in [-0.05, 0) is 54.3 Å². The van der Waals surface area contributed by atoms with Gasteiger partial charge in [-0.3, -0.25) is 14.5 Å². The van der Waals surface area contributed by atoms with E-state index >= 15 is 0 Å². The Morgan fingerprint density at radius 2 is 1.81 bits per heavy atom. The van der Waals surface area contributed by atoms with Crippen LogP contribution >= 0.6 is 0 Å². The van der Waals surface area contributed by atoms with Crippen molar-refractivity contribution in [1.82, 2.24) is 10.3 Å². The number of amides is 2. The van der Waals surface area contributed by atoms with Crippen LogP contribution in [0, 0.1) is 5.82 Å². The van der Waals surface area contributed by atoms with Gasteiger partial charge in [-0.25, -0.2) is 4.39 Å². The van der Waals surface area contributed by atoms with E-state index in [-0.39, 0.29) is 24.3 Å². The standard InChI is InChI=1S/C30H30FN3O3/c1-37-25-10-6-9-24(18-25)34(28(35)17-21-19-32-27-12-5-4-11-26(21)27)29(20-13-15-22(31)16-14-20)30(36)33-23-7-2-3-8-23/h4-6,9-16,18-19,23,29,32H,2-3,7-8,17H2,1H3,(H,33,36)/t29-/m0/s1. The van der Waals surface area contributed by atoms with Crippen LogP contribution in [0.2, 0.25) is 0 Å². The fraction of sp³-hybridized carbons (Fsp3) is 0.267. The van der Waals surface area contributed by atoms with Crippen LogP contribution < -0.4 is 15.0 Å². The lowest BCUT2D eigenvalue weighted by atomic mass is 10.0. The van der Waals surface area contributed by atoms with E-state index in [2.05, 4.69) is 10.3 Å². The summed E-state index contributed by atoms with van der Waals surface area (Å²) in [6.07, 6.45) is 5.85. The third kappa shape index (κ3) is 5.35. The molecule has 1 atom stereocenters. The molecule has 7 heteroatoms. The average molecular weight is 500 g/mol. The highest BCUT2D eigenvalue weighted by Gasteiger charge is 2.34. The Morgan fingerprint density at radius 3 is 2.57 bits per heavy atom. The molecule has 0 bridgehead atoms. The summed E-state index contributed by atoms with van der Waals surface area (Å²) in [6, 6.07) is 19.8. The van der Waals surface area contributed by atoms with Crippen LogP contribution in [0.5, 0.6) is 5.75 Å². The van der Waals surface area contributed by atoms with Gasteiger partial charge in [-0.1, -0.05) is 49.2 Å². The third-order valence-electron chi connectivity index (χ3n) is 7.01. The van der Waals surface area contributed by atoms with Gasteiger partial charge in [0.05, 0.1) is 13.5 Å². The molecule has 1 saturated carbocycles. The van der Waals surface area contributed by atoms with Gasteiger partial charge < -0.3 is 15.0 Å². The maximum absolute atomic E-state index is 14.1. The number of nitrogens with zero attached hydrogens (tertiary/aromatic N) is 1. The van der Waals surface area contributed by atoms with Gasteiger partial charge >= 0.3 is 0 Å². The Morgan fingerprint density at radius 1 is 1.05 bits per heavy atom. The number of rotatable bonds is 8. The zero-order valence-corrected chi connectivity index (χ0v) is 20.7. The molecule has 190 valence electrons. The summed E-state index contributed by atoms with van der Waals surface area (Å²) in [6.45, 7) is 0. The lowest BCUT2D eigenvalue weighted by molar-refractivity contribution is -0.127. The zero-order valence-electron chi connectivity index (χ0n) is 20.7. The summed E-state index contributed by atoms with van der Waals surface area (Å²) < 4.78 is 19.3. The molecule has 0 radical (unpaired) electrons. The van der Waals surface area contributed by atoms with Gasteiger partial charge in [-0.2, -0.15) is 0 Å². The molecular formula is C30H30FN3O3. The van der Waals surface area contributed by atoms with Crippen molar-refractivity contribution in [2.24, 2.45) is 0 Å². The Labute approximate surface area is 215 Å². The number of ether oxygens (including phenoxy) is 1. The minimum Gasteiger partial charge on any atom is -0.497 e. The van der Waals surface area contributed by atoms with E-state index in [0.717, 1.165) is 42.1 Å². The van der Waals surface area contributed by atoms with Crippen molar-refractivity contribution < 1.29 is 18.7 Å². The Balaban J connectivity index is 1.58. The van der Waals surface area contributed by atoms with Crippen molar-refractivity contribution in [2.45, 2.75) is 44.2 Å². The van der Waals surface area contributed by atoms with Crippen LogP contribution in [-0.2, 0) is 16.0 Å². The van der Waals surface area contributed by atoms with E-state index in [0.29, 0.717) is 17.0 Å². The highest BCUT2D eigenvalue weighted by molar-refractivity contribution is 6.03. The van der Waals surface area contributed by atoms with Crippen LogP contribution in [-0.4, -0.2) is 29.9 Å². The smallest absolute Gasteiger partial charge is 0.248 e. The number of benzene rings is 3. The topological polar surface area (TPSA) is 74.4 Å². The van der Waals surface area contributed by atoms with Crippen molar-refractivity contribution in [3.05, 3.63) is 95.9 Å². The summed E-state index contributed by atoms with van der Waals surface area (Å²) in [5, 5.41) is 4.10. The van der Waals surface area contributed by atoms with Crippen molar-refractivity contribution in [1.29, 1.82) is 0 Å². The number of methoxy groups -OCH3 is 1. The number of carbonyl (C=O) groups is 2. The predicted molar refractivity (Wildman–Crippen MR) is 142 cm³/mol. The molecule has 0 unspecified atom stereocenters. The Kier molecular flexibility index (Phi) is 7.21. The number of fused-ring (bicyclic) bond motifs is 1. The molecule has 0 aliphatic heterocycles. The van der Waals surface area contributed by atoms with Crippen LogP contribution in [0.15, 0.2) is 79.0 Å². The first kappa shape index (κ1) is 24.6. The maximum atomic E-state index is 14.1. The van der Waals surface area contributed by atoms with E-state index in [1.807, 2.05) is 30.5 Å². The summed E-state index contributed by atoms with van der Waals surface area (Å²) >= 11 is 0. The summed E-state index contributed by atoms with van der Waals surface area (Å²) in [7, 11) is 1.56. The van der Waals surface area contributed by atoms with Gasteiger partial charge in [0.1, 0.15) is 17.6 Å². The zero-order chi connectivity index (χ0) is 25.8. The quantitative estimate of drug-likeness (QED) is 0.327. The molecule has 0 spiro atoms. The lowest BCUT2D eigenvalue weighted by Gasteiger charge is -2.32. The number of halogens is 1. The van der Waals surface area contributed by atoms with Crippen molar-refractivity contribution in [3.8, 4) is 5.75 Å². The SMILES string of the molecule is COc1cccc(N(C(=O)Cc2c[nH]c3ccccc23)[C@H](C(=O)NC2CCCC2)c2ccc(F)cc2)c1.